The van der Waals surface area contributed by atoms with E-state index in [1.165, 1.54) is 6.07 Å². The average molecular weight is 359 g/mol. The van der Waals surface area contributed by atoms with Crippen LogP contribution in [0.5, 0.6) is 5.75 Å². The first-order chi connectivity index (χ1) is 6.02. The van der Waals surface area contributed by atoms with Crippen molar-refractivity contribution in [2.24, 2.45) is 0 Å². The summed E-state index contributed by atoms with van der Waals surface area (Å²) in [6.45, 7) is 3.87. The van der Waals surface area contributed by atoms with Crippen LogP contribution >= 0.6 is 38.5 Å². The predicted octanol–water partition coefficient (Wildman–Crippen LogP) is 3.98. The zero-order valence-corrected chi connectivity index (χ0v) is 11.0. The summed E-state index contributed by atoms with van der Waals surface area (Å²) in [6, 6.07) is 3.03. The molecule has 1 nitrogen and oxygen atoms in total. The van der Waals surface area contributed by atoms with Gasteiger partial charge in [-0.15, -0.1) is 0 Å². The van der Waals surface area contributed by atoms with Crippen LogP contribution in [0.3, 0.4) is 0 Å². The van der Waals surface area contributed by atoms with Crippen molar-refractivity contribution >= 4 is 38.5 Å². The van der Waals surface area contributed by atoms with Gasteiger partial charge in [-0.2, -0.15) is 0 Å². The summed E-state index contributed by atoms with van der Waals surface area (Å²) in [5, 5.41) is 0. The molecule has 0 radical (unpaired) electrons. The number of benzene rings is 1. The van der Waals surface area contributed by atoms with Crippen molar-refractivity contribution in [1.29, 1.82) is 0 Å². The third-order valence-corrected chi connectivity index (χ3v) is 3.95. The molecule has 72 valence electrons. The summed E-state index contributed by atoms with van der Waals surface area (Å²) in [7, 11) is 0. The van der Waals surface area contributed by atoms with Gasteiger partial charge in [0.15, 0.2) is 0 Å². The standard InChI is InChI=1S/C9H9BrFIO/c1-5(2)13-7-4-3-6(11)9(12)8(7)10/h3-5H,1-2H3. The summed E-state index contributed by atoms with van der Waals surface area (Å²) >= 11 is 5.23. The third-order valence-electron chi connectivity index (χ3n) is 1.36. The highest BCUT2D eigenvalue weighted by Crippen LogP contribution is 2.32. The molecule has 0 bridgehead atoms. The highest BCUT2D eigenvalue weighted by molar-refractivity contribution is 14.1. The van der Waals surface area contributed by atoms with E-state index in [1.807, 2.05) is 36.4 Å². The van der Waals surface area contributed by atoms with Crippen LogP contribution < -0.4 is 4.74 Å². The lowest BCUT2D eigenvalue weighted by Gasteiger charge is -2.12. The Morgan fingerprint density at radius 1 is 1.46 bits per heavy atom. The van der Waals surface area contributed by atoms with Crippen molar-refractivity contribution in [3.05, 3.63) is 26.0 Å². The smallest absolute Gasteiger partial charge is 0.137 e. The second kappa shape index (κ2) is 4.59. The van der Waals surface area contributed by atoms with Crippen molar-refractivity contribution in [3.8, 4) is 5.75 Å². The van der Waals surface area contributed by atoms with Gasteiger partial charge in [0.05, 0.1) is 14.1 Å². The van der Waals surface area contributed by atoms with Crippen LogP contribution in [0.2, 0.25) is 0 Å². The zero-order valence-electron chi connectivity index (χ0n) is 7.27. The number of ether oxygens (including phenoxy) is 1. The minimum Gasteiger partial charge on any atom is -0.490 e. The summed E-state index contributed by atoms with van der Waals surface area (Å²) in [5.41, 5.74) is 0. The van der Waals surface area contributed by atoms with Crippen LogP contribution in [-0.2, 0) is 0 Å². The lowest BCUT2D eigenvalue weighted by molar-refractivity contribution is 0.240. The Morgan fingerprint density at radius 2 is 2.08 bits per heavy atom. The van der Waals surface area contributed by atoms with Gasteiger partial charge in [-0.05, 0) is 64.5 Å². The van der Waals surface area contributed by atoms with Crippen molar-refractivity contribution in [2.75, 3.05) is 0 Å². The van der Waals surface area contributed by atoms with Gasteiger partial charge in [0.2, 0.25) is 0 Å². The number of hydrogen-bond donors (Lipinski definition) is 0. The third kappa shape index (κ3) is 2.80. The van der Waals surface area contributed by atoms with Gasteiger partial charge in [0.25, 0.3) is 0 Å². The Bertz CT molecular complexity index is 315. The van der Waals surface area contributed by atoms with Gasteiger partial charge in [0, 0.05) is 0 Å². The topological polar surface area (TPSA) is 9.23 Å². The van der Waals surface area contributed by atoms with Gasteiger partial charge in [-0.25, -0.2) is 4.39 Å². The summed E-state index contributed by atoms with van der Waals surface area (Å²) in [5.74, 6) is 0.449. The normalized spacial score (nSPS) is 10.6. The van der Waals surface area contributed by atoms with Crippen molar-refractivity contribution in [1.82, 2.24) is 0 Å². The summed E-state index contributed by atoms with van der Waals surface area (Å²) in [4.78, 5) is 0. The maximum absolute atomic E-state index is 13.0. The summed E-state index contributed by atoms with van der Waals surface area (Å²) in [6.07, 6.45) is 0.0950. The Kier molecular flexibility index (Phi) is 3.97. The molecular weight excluding hydrogens is 350 g/mol. The Hall–Kier alpha value is 0.160. The molecule has 0 amide bonds. The molecule has 1 aromatic rings. The fraction of sp³-hybridized carbons (Fsp3) is 0.333. The van der Waals surface area contributed by atoms with Crippen LogP contribution in [0.25, 0.3) is 0 Å². The Labute approximate surface area is 98.9 Å². The molecule has 0 heterocycles. The monoisotopic (exact) mass is 358 g/mol. The van der Waals surface area contributed by atoms with E-state index in [4.69, 9.17) is 4.74 Å². The van der Waals surface area contributed by atoms with Crippen LogP contribution in [-0.4, -0.2) is 6.10 Å². The minimum absolute atomic E-state index is 0.0950. The van der Waals surface area contributed by atoms with Crippen molar-refractivity contribution < 1.29 is 9.13 Å². The van der Waals surface area contributed by atoms with Crippen LogP contribution in [0.15, 0.2) is 16.6 Å². The zero-order chi connectivity index (χ0) is 10.0. The van der Waals surface area contributed by atoms with E-state index in [0.717, 1.165) is 0 Å². The molecule has 0 aliphatic rings. The fourth-order valence-electron chi connectivity index (χ4n) is 0.853. The van der Waals surface area contributed by atoms with E-state index in [2.05, 4.69) is 15.9 Å². The van der Waals surface area contributed by atoms with Crippen LogP contribution in [0.4, 0.5) is 4.39 Å². The molecule has 0 aromatic heterocycles. The van der Waals surface area contributed by atoms with E-state index >= 15 is 0 Å². The minimum atomic E-state index is -0.233. The van der Waals surface area contributed by atoms with Crippen LogP contribution in [0.1, 0.15) is 13.8 Å². The van der Waals surface area contributed by atoms with E-state index in [0.29, 0.717) is 13.8 Å². The molecule has 0 aliphatic heterocycles. The highest BCUT2D eigenvalue weighted by Gasteiger charge is 2.10. The largest absolute Gasteiger partial charge is 0.490 e. The number of rotatable bonds is 2. The first-order valence-corrected chi connectivity index (χ1v) is 5.69. The average Bonchev–Trinajstić information content (AvgIpc) is 2.06. The first-order valence-electron chi connectivity index (χ1n) is 3.82. The summed E-state index contributed by atoms with van der Waals surface area (Å²) < 4.78 is 19.7. The lowest BCUT2D eigenvalue weighted by Crippen LogP contribution is -2.06. The molecule has 0 saturated heterocycles. The molecular formula is C9H9BrFIO. The molecule has 4 heteroatoms. The molecule has 0 saturated carbocycles. The Morgan fingerprint density at radius 3 is 2.62 bits per heavy atom. The molecule has 1 aromatic carbocycles. The first kappa shape index (κ1) is 11.2. The lowest BCUT2D eigenvalue weighted by atomic mass is 10.3. The maximum atomic E-state index is 13.0. The quantitative estimate of drug-likeness (QED) is 0.574. The highest BCUT2D eigenvalue weighted by atomic mass is 127. The van der Waals surface area contributed by atoms with Gasteiger partial charge >= 0.3 is 0 Å². The van der Waals surface area contributed by atoms with Crippen molar-refractivity contribution in [3.63, 3.8) is 0 Å². The molecule has 0 spiro atoms. The molecule has 0 N–H and O–H groups in total. The molecule has 1 rings (SSSR count). The predicted molar refractivity (Wildman–Crippen MR) is 62.6 cm³/mol. The molecule has 0 fully saturated rings. The van der Waals surface area contributed by atoms with E-state index in [9.17, 15) is 4.39 Å². The van der Waals surface area contributed by atoms with Gasteiger partial charge in [-0.1, -0.05) is 0 Å². The van der Waals surface area contributed by atoms with Gasteiger partial charge in [-0.3, -0.25) is 0 Å². The number of hydrogen-bond acceptors (Lipinski definition) is 1. The number of halogens is 3. The van der Waals surface area contributed by atoms with E-state index in [-0.39, 0.29) is 11.9 Å². The van der Waals surface area contributed by atoms with Gasteiger partial charge in [0.1, 0.15) is 11.6 Å². The second-order valence-corrected chi connectivity index (χ2v) is 4.71. The van der Waals surface area contributed by atoms with E-state index in [1.54, 1.807) is 6.07 Å². The second-order valence-electron chi connectivity index (χ2n) is 2.84. The van der Waals surface area contributed by atoms with E-state index < -0.39 is 0 Å². The van der Waals surface area contributed by atoms with Crippen LogP contribution in [0, 0.1) is 9.39 Å². The molecule has 0 atom stereocenters. The maximum Gasteiger partial charge on any atom is 0.137 e. The van der Waals surface area contributed by atoms with Gasteiger partial charge < -0.3 is 4.74 Å². The molecule has 0 unspecified atom stereocenters. The molecule has 0 aliphatic carbocycles. The Balaban J connectivity index is 3.04. The van der Waals surface area contributed by atoms with Crippen molar-refractivity contribution in [2.45, 2.75) is 20.0 Å². The molecule has 13 heavy (non-hydrogen) atoms. The SMILES string of the molecule is CC(C)Oc1ccc(F)c(I)c1Br. The fourth-order valence-corrected chi connectivity index (χ4v) is 1.71.